The minimum Gasteiger partial charge on any atom is -0.482 e. The molecule has 1 atom stereocenters. The van der Waals surface area contributed by atoms with Crippen LogP contribution in [-0.4, -0.2) is 30.2 Å². The normalized spacial score (nSPS) is 15.7. The summed E-state index contributed by atoms with van der Waals surface area (Å²) in [4.78, 5) is 25.4. The Morgan fingerprint density at radius 1 is 1.47 bits per heavy atom. The van der Waals surface area contributed by atoms with E-state index in [2.05, 4.69) is 0 Å². The molecule has 0 saturated heterocycles. The van der Waals surface area contributed by atoms with Gasteiger partial charge in [-0.25, -0.2) is 0 Å². The van der Waals surface area contributed by atoms with E-state index in [-0.39, 0.29) is 18.3 Å². The summed E-state index contributed by atoms with van der Waals surface area (Å²) in [6.07, 6.45) is 0.574. The molecule has 4 nitrogen and oxygen atoms in total. The first-order valence-electron chi connectivity index (χ1n) is 6.34. The topological polar surface area (TPSA) is 46.6 Å². The van der Waals surface area contributed by atoms with Gasteiger partial charge < -0.3 is 9.64 Å². The lowest BCUT2D eigenvalue weighted by molar-refractivity contribution is -0.121. The van der Waals surface area contributed by atoms with Gasteiger partial charge >= 0.3 is 0 Å². The Morgan fingerprint density at radius 3 is 2.84 bits per heavy atom. The Hall–Kier alpha value is -1.55. The van der Waals surface area contributed by atoms with Crippen LogP contribution in [0.5, 0.6) is 5.75 Å². The quantitative estimate of drug-likeness (QED) is 0.630. The molecule has 19 heavy (non-hydrogen) atoms. The van der Waals surface area contributed by atoms with Gasteiger partial charge in [-0.15, -0.1) is 11.6 Å². The molecule has 0 bridgehead atoms. The van der Waals surface area contributed by atoms with Crippen molar-refractivity contribution in [2.45, 2.75) is 25.6 Å². The lowest BCUT2D eigenvalue weighted by atomic mass is 10.0. The van der Waals surface area contributed by atoms with E-state index < -0.39 is 5.38 Å². The van der Waals surface area contributed by atoms with E-state index in [9.17, 15) is 9.59 Å². The minimum absolute atomic E-state index is 0.0429. The van der Waals surface area contributed by atoms with Gasteiger partial charge in [0.25, 0.3) is 5.91 Å². The molecule has 0 N–H and O–H groups in total. The molecular formula is C14H16ClNO3. The predicted octanol–water partition coefficient (Wildman–Crippen LogP) is 2.63. The van der Waals surface area contributed by atoms with Crippen molar-refractivity contribution in [2.75, 3.05) is 18.1 Å². The molecule has 0 fully saturated rings. The summed E-state index contributed by atoms with van der Waals surface area (Å²) < 4.78 is 5.35. The van der Waals surface area contributed by atoms with Gasteiger partial charge in [0.15, 0.2) is 12.4 Å². The number of ether oxygens (including phenoxy) is 1. The minimum atomic E-state index is -0.534. The number of benzene rings is 1. The van der Waals surface area contributed by atoms with Crippen LogP contribution in [0.25, 0.3) is 0 Å². The number of alkyl halides is 1. The third-order valence-electron chi connectivity index (χ3n) is 3.15. The maximum absolute atomic E-state index is 12.1. The summed E-state index contributed by atoms with van der Waals surface area (Å²) in [5, 5.41) is -0.534. The van der Waals surface area contributed by atoms with Crippen molar-refractivity contribution in [1.29, 1.82) is 0 Å². The zero-order valence-electron chi connectivity index (χ0n) is 11.0. The number of hydrogen-bond acceptors (Lipinski definition) is 3. The molecule has 0 spiro atoms. The summed E-state index contributed by atoms with van der Waals surface area (Å²) in [7, 11) is 0. The molecule has 0 saturated carbocycles. The van der Waals surface area contributed by atoms with E-state index in [0.717, 1.165) is 0 Å². The third kappa shape index (κ3) is 2.59. The fourth-order valence-electron chi connectivity index (χ4n) is 2.07. The molecule has 0 radical (unpaired) electrons. The molecule has 1 aliphatic rings. The first-order chi connectivity index (χ1) is 9.08. The van der Waals surface area contributed by atoms with E-state index in [1.54, 1.807) is 23.1 Å². The number of carbonyl (C=O) groups is 2. The molecule has 1 amide bonds. The zero-order valence-corrected chi connectivity index (χ0v) is 11.7. The van der Waals surface area contributed by atoms with Crippen LogP contribution >= 0.6 is 11.6 Å². The number of anilines is 1. The monoisotopic (exact) mass is 281 g/mol. The Bertz CT molecular complexity index is 515. The second kappa shape index (κ2) is 5.61. The lowest BCUT2D eigenvalue weighted by Gasteiger charge is -2.28. The molecule has 1 unspecified atom stereocenters. The fraction of sp³-hybridized carbons (Fsp3) is 0.429. The third-order valence-corrected chi connectivity index (χ3v) is 3.65. The van der Waals surface area contributed by atoms with E-state index in [0.29, 0.717) is 30.0 Å². The molecule has 5 heteroatoms. The number of hydrogen-bond donors (Lipinski definition) is 0. The van der Waals surface area contributed by atoms with Gasteiger partial charge in [-0.2, -0.15) is 0 Å². The fourth-order valence-corrected chi connectivity index (χ4v) is 2.19. The van der Waals surface area contributed by atoms with E-state index in [1.807, 2.05) is 13.8 Å². The van der Waals surface area contributed by atoms with Gasteiger partial charge in [0.05, 0.1) is 11.1 Å². The second-order valence-corrected chi connectivity index (χ2v) is 4.88. The highest BCUT2D eigenvalue weighted by Gasteiger charge is 2.26. The van der Waals surface area contributed by atoms with Crippen LogP contribution in [0, 0.1) is 0 Å². The standard InChI is InChI=1S/C14H16ClNO3/c1-3-10(15)14(18)9-5-6-12-11(7-9)16(4-2)13(17)8-19-12/h5-7,10H,3-4,8H2,1-2H3. The van der Waals surface area contributed by atoms with Crippen molar-refractivity contribution < 1.29 is 14.3 Å². The second-order valence-electron chi connectivity index (χ2n) is 4.35. The van der Waals surface area contributed by atoms with Gasteiger partial charge in [0.2, 0.25) is 0 Å². The Labute approximate surface area is 117 Å². The maximum Gasteiger partial charge on any atom is 0.265 e. The number of halogens is 1. The Kier molecular flexibility index (Phi) is 4.10. The number of Topliss-reactive ketones (excluding diaryl/α,β-unsaturated/α-hetero) is 1. The van der Waals surface area contributed by atoms with Crippen molar-refractivity contribution >= 4 is 29.0 Å². The molecule has 0 aliphatic carbocycles. The average molecular weight is 282 g/mol. The van der Waals surface area contributed by atoms with Crippen LogP contribution in [-0.2, 0) is 4.79 Å². The number of carbonyl (C=O) groups excluding carboxylic acids is 2. The maximum atomic E-state index is 12.1. The zero-order chi connectivity index (χ0) is 14.0. The summed E-state index contributed by atoms with van der Waals surface area (Å²) in [5.41, 5.74) is 1.15. The number of rotatable bonds is 4. The lowest BCUT2D eigenvalue weighted by Crippen LogP contribution is -2.38. The summed E-state index contributed by atoms with van der Waals surface area (Å²) in [6.45, 7) is 4.34. The highest BCUT2D eigenvalue weighted by atomic mass is 35.5. The van der Waals surface area contributed by atoms with Gasteiger partial charge in [0, 0.05) is 12.1 Å². The summed E-state index contributed by atoms with van der Waals surface area (Å²) in [5.74, 6) is 0.402. The van der Waals surface area contributed by atoms with Crippen LogP contribution < -0.4 is 9.64 Å². The first-order valence-corrected chi connectivity index (χ1v) is 6.77. The molecule has 1 aliphatic heterocycles. The van der Waals surface area contributed by atoms with Gasteiger partial charge in [0.1, 0.15) is 5.75 Å². The molecule has 1 aromatic carbocycles. The number of nitrogens with zero attached hydrogens (tertiary/aromatic N) is 1. The van der Waals surface area contributed by atoms with Crippen molar-refractivity contribution in [3.8, 4) is 5.75 Å². The summed E-state index contributed by atoms with van der Waals surface area (Å²) >= 11 is 5.97. The van der Waals surface area contributed by atoms with Crippen LogP contribution in [0.2, 0.25) is 0 Å². The smallest absolute Gasteiger partial charge is 0.265 e. The largest absolute Gasteiger partial charge is 0.482 e. The summed E-state index contributed by atoms with van der Waals surface area (Å²) in [6, 6.07) is 5.09. The van der Waals surface area contributed by atoms with Crippen LogP contribution in [0.1, 0.15) is 30.6 Å². The van der Waals surface area contributed by atoms with E-state index >= 15 is 0 Å². The molecule has 0 aromatic heterocycles. The van der Waals surface area contributed by atoms with E-state index in [1.165, 1.54) is 0 Å². The van der Waals surface area contributed by atoms with Gasteiger partial charge in [-0.3, -0.25) is 9.59 Å². The Balaban J connectivity index is 2.39. The molecular weight excluding hydrogens is 266 g/mol. The SMILES string of the molecule is CCC(Cl)C(=O)c1ccc2c(c1)N(CC)C(=O)CO2. The van der Waals surface area contributed by atoms with Crippen molar-refractivity contribution in [3.63, 3.8) is 0 Å². The van der Waals surface area contributed by atoms with Gasteiger partial charge in [-0.1, -0.05) is 6.92 Å². The van der Waals surface area contributed by atoms with Crippen molar-refractivity contribution in [3.05, 3.63) is 23.8 Å². The number of ketones is 1. The van der Waals surface area contributed by atoms with Crippen LogP contribution in [0.15, 0.2) is 18.2 Å². The number of likely N-dealkylation sites (N-methyl/N-ethyl adjacent to an activating group) is 1. The van der Waals surface area contributed by atoms with Crippen molar-refractivity contribution in [1.82, 2.24) is 0 Å². The van der Waals surface area contributed by atoms with E-state index in [4.69, 9.17) is 16.3 Å². The average Bonchev–Trinajstić information content (AvgIpc) is 2.45. The first kappa shape index (κ1) is 13.9. The molecule has 102 valence electrons. The number of amides is 1. The van der Waals surface area contributed by atoms with Crippen molar-refractivity contribution in [2.24, 2.45) is 0 Å². The van der Waals surface area contributed by atoms with Crippen LogP contribution in [0.3, 0.4) is 0 Å². The molecule has 2 rings (SSSR count). The molecule has 1 heterocycles. The molecule has 1 aromatic rings. The highest BCUT2D eigenvalue weighted by molar-refractivity contribution is 6.34. The van der Waals surface area contributed by atoms with Crippen LogP contribution in [0.4, 0.5) is 5.69 Å². The Morgan fingerprint density at radius 2 is 2.21 bits per heavy atom. The number of fused-ring (bicyclic) bond motifs is 1. The van der Waals surface area contributed by atoms with Gasteiger partial charge in [-0.05, 0) is 31.5 Å². The highest BCUT2D eigenvalue weighted by Crippen LogP contribution is 2.33. The predicted molar refractivity (Wildman–Crippen MR) is 74.2 cm³/mol.